The highest BCUT2D eigenvalue weighted by Gasteiger charge is 2.30. The fourth-order valence-corrected chi connectivity index (χ4v) is 12.6. The van der Waals surface area contributed by atoms with Gasteiger partial charge in [-0.15, -0.1) is 0 Å². The van der Waals surface area contributed by atoms with Gasteiger partial charge in [0.05, 0.1) is 26.4 Å². The monoisotopic (exact) mass is 1350 g/mol. The number of hydrogen-bond acceptors (Lipinski definition) is 15. The number of aliphatic hydroxyl groups excluding tert-OH is 1. The van der Waals surface area contributed by atoms with E-state index >= 15 is 0 Å². The van der Waals surface area contributed by atoms with Crippen molar-refractivity contribution in [3.05, 3.63) is 0 Å². The highest BCUT2D eigenvalue weighted by atomic mass is 31.2. The number of rotatable bonds is 71. The van der Waals surface area contributed by atoms with Crippen LogP contribution in [0.15, 0.2) is 0 Å². The summed E-state index contributed by atoms with van der Waals surface area (Å²) < 4.78 is 68.4. The molecule has 0 amide bonds. The first-order valence-electron chi connectivity index (χ1n) is 37.9. The predicted molar refractivity (Wildman–Crippen MR) is 372 cm³/mol. The van der Waals surface area contributed by atoms with Crippen LogP contribution in [0.5, 0.6) is 0 Å². The van der Waals surface area contributed by atoms with Crippen molar-refractivity contribution in [2.45, 2.75) is 388 Å². The normalized spacial score (nSPS) is 14.4. The average Bonchev–Trinajstić information content (AvgIpc) is 2.10. The molecule has 0 spiro atoms. The Labute approximate surface area is 562 Å². The van der Waals surface area contributed by atoms with Gasteiger partial charge in [-0.25, -0.2) is 9.13 Å². The maximum Gasteiger partial charge on any atom is 0.472 e. The molecule has 0 bridgehead atoms. The minimum atomic E-state index is -4.95. The number of carbonyl (C=O) groups is 4. The summed E-state index contributed by atoms with van der Waals surface area (Å²) in [7, 11) is -9.91. The Morgan fingerprint density at radius 2 is 0.554 bits per heavy atom. The Bertz CT molecular complexity index is 1800. The highest BCUT2D eigenvalue weighted by Crippen LogP contribution is 2.45. The van der Waals surface area contributed by atoms with Crippen LogP contribution in [0.1, 0.15) is 370 Å². The smallest absolute Gasteiger partial charge is 0.462 e. The van der Waals surface area contributed by atoms with E-state index in [-0.39, 0.29) is 25.7 Å². The van der Waals surface area contributed by atoms with Gasteiger partial charge in [0, 0.05) is 25.7 Å². The summed E-state index contributed by atoms with van der Waals surface area (Å²) in [6.45, 7) is 11.9. The molecule has 0 aromatic rings. The second-order valence-corrected chi connectivity index (χ2v) is 30.4. The van der Waals surface area contributed by atoms with E-state index in [1.165, 1.54) is 180 Å². The molecule has 19 heteroatoms. The molecule has 0 aliphatic carbocycles. The highest BCUT2D eigenvalue weighted by molar-refractivity contribution is 7.47. The van der Waals surface area contributed by atoms with Gasteiger partial charge in [-0.1, -0.05) is 318 Å². The first-order chi connectivity index (χ1) is 44.3. The van der Waals surface area contributed by atoms with Crippen LogP contribution < -0.4 is 0 Å². The zero-order valence-electron chi connectivity index (χ0n) is 60.0. The van der Waals surface area contributed by atoms with E-state index in [1.54, 1.807) is 0 Å². The molecular weight excluding hydrogens is 1210 g/mol. The number of unbranched alkanes of at least 4 members (excludes halogenated alkanes) is 38. The Morgan fingerprint density at radius 1 is 0.315 bits per heavy atom. The van der Waals surface area contributed by atoms with Gasteiger partial charge >= 0.3 is 39.5 Å². The van der Waals surface area contributed by atoms with Gasteiger partial charge in [0.2, 0.25) is 0 Å². The summed E-state index contributed by atoms with van der Waals surface area (Å²) in [6.07, 6.45) is 48.4. The van der Waals surface area contributed by atoms with Crippen LogP contribution in [-0.4, -0.2) is 96.7 Å². The number of esters is 4. The van der Waals surface area contributed by atoms with Crippen molar-refractivity contribution in [3.63, 3.8) is 0 Å². The molecule has 3 N–H and O–H groups in total. The summed E-state index contributed by atoms with van der Waals surface area (Å²) in [5.74, 6) is 0.190. The van der Waals surface area contributed by atoms with Gasteiger partial charge < -0.3 is 33.8 Å². The molecule has 17 nitrogen and oxygen atoms in total. The summed E-state index contributed by atoms with van der Waals surface area (Å²) in [4.78, 5) is 72.7. The lowest BCUT2D eigenvalue weighted by Gasteiger charge is -2.21. The molecule has 0 fully saturated rings. The first kappa shape index (κ1) is 90.1. The van der Waals surface area contributed by atoms with Gasteiger partial charge in [-0.05, 0) is 43.4 Å². The van der Waals surface area contributed by atoms with Crippen LogP contribution in [0.2, 0.25) is 0 Å². The van der Waals surface area contributed by atoms with Crippen molar-refractivity contribution in [3.8, 4) is 0 Å². The number of carbonyl (C=O) groups excluding carboxylic acids is 4. The molecule has 0 rings (SSSR count). The lowest BCUT2D eigenvalue weighted by Crippen LogP contribution is -2.30. The first-order valence-corrected chi connectivity index (χ1v) is 40.9. The van der Waals surface area contributed by atoms with Crippen LogP contribution in [0.25, 0.3) is 0 Å². The van der Waals surface area contributed by atoms with Crippen LogP contribution in [0.3, 0.4) is 0 Å². The van der Waals surface area contributed by atoms with E-state index in [0.717, 1.165) is 108 Å². The maximum absolute atomic E-state index is 13.1. The predicted octanol–water partition coefficient (Wildman–Crippen LogP) is 21.0. The van der Waals surface area contributed by atoms with E-state index in [2.05, 4.69) is 48.5 Å². The molecule has 92 heavy (non-hydrogen) atoms. The minimum absolute atomic E-state index is 0.105. The van der Waals surface area contributed by atoms with E-state index in [0.29, 0.717) is 25.7 Å². The molecular formula is C73H142O17P2. The van der Waals surface area contributed by atoms with Crippen molar-refractivity contribution in [1.82, 2.24) is 0 Å². The van der Waals surface area contributed by atoms with Crippen molar-refractivity contribution >= 4 is 39.5 Å². The Kier molecular flexibility index (Phi) is 62.4. The molecule has 0 aliphatic rings. The van der Waals surface area contributed by atoms with Crippen molar-refractivity contribution in [2.24, 2.45) is 17.8 Å². The molecule has 0 heterocycles. The molecule has 3 unspecified atom stereocenters. The molecule has 0 radical (unpaired) electrons. The zero-order chi connectivity index (χ0) is 68.0. The number of phosphoric ester groups is 2. The zero-order valence-corrected chi connectivity index (χ0v) is 61.8. The largest absolute Gasteiger partial charge is 0.472 e. The molecule has 0 aliphatic heterocycles. The number of phosphoric acid groups is 2. The van der Waals surface area contributed by atoms with E-state index in [4.69, 9.17) is 37.0 Å². The topological polar surface area (TPSA) is 237 Å². The van der Waals surface area contributed by atoms with E-state index in [1.807, 2.05) is 0 Å². The second-order valence-electron chi connectivity index (χ2n) is 27.5. The fraction of sp³-hybridized carbons (Fsp3) is 0.945. The molecule has 0 aromatic heterocycles. The van der Waals surface area contributed by atoms with Gasteiger partial charge in [0.15, 0.2) is 12.2 Å². The number of ether oxygens (including phenoxy) is 4. The number of aliphatic hydroxyl groups is 1. The Hall–Kier alpha value is -1.94. The lowest BCUT2D eigenvalue weighted by molar-refractivity contribution is -0.161. The second kappa shape index (κ2) is 63.8. The van der Waals surface area contributed by atoms with Crippen molar-refractivity contribution in [2.75, 3.05) is 39.6 Å². The molecule has 0 saturated carbocycles. The summed E-state index contributed by atoms with van der Waals surface area (Å²) in [5.41, 5.74) is 0. The van der Waals surface area contributed by atoms with Gasteiger partial charge in [0.1, 0.15) is 19.3 Å². The van der Waals surface area contributed by atoms with Crippen LogP contribution in [0.4, 0.5) is 0 Å². The van der Waals surface area contributed by atoms with Gasteiger partial charge in [-0.2, -0.15) is 0 Å². The fourth-order valence-electron chi connectivity index (χ4n) is 11.0. The van der Waals surface area contributed by atoms with Gasteiger partial charge in [-0.3, -0.25) is 37.3 Å². The van der Waals surface area contributed by atoms with E-state index < -0.39 is 97.5 Å². The van der Waals surface area contributed by atoms with Crippen LogP contribution in [0, 0.1) is 17.8 Å². The average molecular weight is 1350 g/mol. The van der Waals surface area contributed by atoms with Gasteiger partial charge in [0.25, 0.3) is 0 Å². The van der Waals surface area contributed by atoms with Crippen LogP contribution in [-0.2, 0) is 65.4 Å². The van der Waals surface area contributed by atoms with Crippen molar-refractivity contribution < 1.29 is 80.2 Å². The quantitative estimate of drug-likeness (QED) is 0.0222. The Morgan fingerprint density at radius 3 is 0.826 bits per heavy atom. The Balaban J connectivity index is 5.27. The third kappa shape index (κ3) is 65.4. The van der Waals surface area contributed by atoms with Crippen molar-refractivity contribution in [1.29, 1.82) is 0 Å². The maximum atomic E-state index is 13.1. The van der Waals surface area contributed by atoms with Crippen LogP contribution >= 0.6 is 15.6 Å². The lowest BCUT2D eigenvalue weighted by atomic mass is 9.99. The third-order valence-electron chi connectivity index (χ3n) is 17.2. The number of hydrogen-bond donors (Lipinski definition) is 3. The molecule has 546 valence electrons. The third-order valence-corrected chi connectivity index (χ3v) is 19.1. The summed E-state index contributed by atoms with van der Waals surface area (Å²) >= 11 is 0. The summed E-state index contributed by atoms with van der Waals surface area (Å²) in [5, 5.41) is 10.6. The SMILES string of the molecule is CCCCCCCCCCCCCCC(=O)OC[C@H](COP(=O)(O)OC[C@H](O)COP(=O)(O)OC[C@@H](COC(=O)CCCCCCCCCCCCC(C)CC)OC(=O)CCCCCCCCCCCCCC(C)C)OC(=O)CCCCCCCCCCCC(C)C. The molecule has 6 atom stereocenters. The molecule has 0 saturated heterocycles. The summed E-state index contributed by atoms with van der Waals surface area (Å²) in [6, 6.07) is 0. The van der Waals surface area contributed by atoms with E-state index in [9.17, 15) is 43.2 Å². The molecule has 0 aromatic carbocycles. The minimum Gasteiger partial charge on any atom is -0.462 e. The standard InChI is InChI=1S/C73H142O17P2/c1-8-10-11-12-13-14-15-18-26-33-40-47-54-70(75)83-61-69(90-73(78)57-50-43-36-29-22-24-31-38-45-52-65(5)6)63-88-92(81,82)86-59-67(74)58-85-91(79,80)87-62-68(89-72(77)56-49-42-35-28-19-16-17-23-30-37-44-51-64(3)4)60-84-71(76)55-48-41-34-27-21-20-25-32-39-46-53-66(7)9-2/h64-69,74H,8-63H2,1-7H3,(H,79,80)(H,81,82)/t66?,67-,68-,69-/m1/s1.